The first kappa shape index (κ1) is 18.1. The standard InChI is InChI=1S/C20H28N2O2/c1-14(10-11-21)15-12-17(20(24-5)19(13-15)23-4)16-8-6-7-9-18(16)22(2)3/h6-9,12-14H,10-11,21H2,1-5H3. The Balaban J connectivity index is 2.69. The number of rotatable bonds is 7. The van der Waals surface area contributed by atoms with E-state index in [0.717, 1.165) is 34.7 Å². The molecular formula is C20H28N2O2. The molecular weight excluding hydrogens is 300 g/mol. The van der Waals surface area contributed by atoms with E-state index in [0.29, 0.717) is 12.5 Å². The van der Waals surface area contributed by atoms with E-state index < -0.39 is 0 Å². The first-order valence-corrected chi connectivity index (χ1v) is 8.26. The Labute approximate surface area is 145 Å². The third-order valence-corrected chi connectivity index (χ3v) is 4.35. The molecule has 4 heteroatoms. The van der Waals surface area contributed by atoms with E-state index in [2.05, 4.69) is 36.1 Å². The van der Waals surface area contributed by atoms with Crippen LogP contribution >= 0.6 is 0 Å². The fourth-order valence-corrected chi connectivity index (χ4v) is 2.98. The van der Waals surface area contributed by atoms with Gasteiger partial charge in [-0.15, -0.1) is 0 Å². The fraction of sp³-hybridized carbons (Fsp3) is 0.400. The van der Waals surface area contributed by atoms with Crippen LogP contribution in [-0.4, -0.2) is 34.9 Å². The zero-order valence-corrected chi connectivity index (χ0v) is 15.3. The molecule has 24 heavy (non-hydrogen) atoms. The summed E-state index contributed by atoms with van der Waals surface area (Å²) in [4.78, 5) is 2.11. The highest BCUT2D eigenvalue weighted by Gasteiger charge is 2.19. The lowest BCUT2D eigenvalue weighted by Gasteiger charge is -2.22. The lowest BCUT2D eigenvalue weighted by molar-refractivity contribution is 0.355. The van der Waals surface area contributed by atoms with Gasteiger partial charge in [-0.1, -0.05) is 25.1 Å². The maximum absolute atomic E-state index is 5.74. The number of anilines is 1. The van der Waals surface area contributed by atoms with Crippen molar-refractivity contribution in [2.24, 2.45) is 5.73 Å². The molecule has 0 radical (unpaired) electrons. The molecule has 0 saturated carbocycles. The zero-order valence-electron chi connectivity index (χ0n) is 15.3. The number of hydrogen-bond donors (Lipinski definition) is 1. The highest BCUT2D eigenvalue weighted by atomic mass is 16.5. The van der Waals surface area contributed by atoms with Crippen molar-refractivity contribution in [2.75, 3.05) is 39.8 Å². The monoisotopic (exact) mass is 328 g/mol. The van der Waals surface area contributed by atoms with Crippen molar-refractivity contribution in [1.29, 1.82) is 0 Å². The normalized spacial score (nSPS) is 11.9. The van der Waals surface area contributed by atoms with Crippen LogP contribution in [0.25, 0.3) is 11.1 Å². The number of nitrogens with zero attached hydrogens (tertiary/aromatic N) is 1. The van der Waals surface area contributed by atoms with Crippen molar-refractivity contribution < 1.29 is 9.47 Å². The number of para-hydroxylation sites is 1. The number of hydrogen-bond acceptors (Lipinski definition) is 4. The van der Waals surface area contributed by atoms with Crippen LogP contribution in [0.3, 0.4) is 0 Å². The minimum Gasteiger partial charge on any atom is -0.493 e. The molecule has 0 bridgehead atoms. The molecule has 0 heterocycles. The molecule has 1 atom stereocenters. The van der Waals surface area contributed by atoms with E-state index in [1.807, 2.05) is 26.2 Å². The van der Waals surface area contributed by atoms with Gasteiger partial charge in [0, 0.05) is 30.9 Å². The van der Waals surface area contributed by atoms with Crippen LogP contribution < -0.4 is 20.1 Å². The summed E-state index contributed by atoms with van der Waals surface area (Å²) < 4.78 is 11.3. The topological polar surface area (TPSA) is 47.7 Å². The highest BCUT2D eigenvalue weighted by molar-refractivity contribution is 5.84. The molecule has 4 nitrogen and oxygen atoms in total. The third-order valence-electron chi connectivity index (χ3n) is 4.35. The van der Waals surface area contributed by atoms with E-state index in [1.165, 1.54) is 5.56 Å². The predicted octanol–water partition coefficient (Wildman–Crippen LogP) is 3.89. The van der Waals surface area contributed by atoms with Gasteiger partial charge in [-0.25, -0.2) is 0 Å². The molecule has 2 aromatic rings. The Morgan fingerprint density at radius 3 is 2.33 bits per heavy atom. The molecule has 2 rings (SSSR count). The Hall–Kier alpha value is -2.20. The summed E-state index contributed by atoms with van der Waals surface area (Å²) >= 11 is 0. The van der Waals surface area contributed by atoms with Crippen LogP contribution in [0.15, 0.2) is 36.4 Å². The first-order chi connectivity index (χ1) is 11.5. The van der Waals surface area contributed by atoms with E-state index >= 15 is 0 Å². The maximum Gasteiger partial charge on any atom is 0.168 e. The van der Waals surface area contributed by atoms with Gasteiger partial charge in [0.05, 0.1) is 14.2 Å². The molecule has 2 aromatic carbocycles. The van der Waals surface area contributed by atoms with Crippen molar-refractivity contribution in [2.45, 2.75) is 19.3 Å². The summed E-state index contributed by atoms with van der Waals surface area (Å²) in [7, 11) is 7.45. The lowest BCUT2D eigenvalue weighted by Crippen LogP contribution is -2.10. The molecule has 0 fully saturated rings. The van der Waals surface area contributed by atoms with E-state index in [-0.39, 0.29) is 0 Å². The van der Waals surface area contributed by atoms with Gasteiger partial charge in [-0.05, 0) is 42.6 Å². The van der Waals surface area contributed by atoms with Crippen molar-refractivity contribution in [3.05, 3.63) is 42.0 Å². The second-order valence-corrected chi connectivity index (χ2v) is 6.19. The molecule has 1 unspecified atom stereocenters. The fourth-order valence-electron chi connectivity index (χ4n) is 2.98. The summed E-state index contributed by atoms with van der Waals surface area (Å²) in [6, 6.07) is 12.6. The van der Waals surface area contributed by atoms with Crippen molar-refractivity contribution in [3.63, 3.8) is 0 Å². The van der Waals surface area contributed by atoms with Gasteiger partial charge in [-0.3, -0.25) is 0 Å². The van der Waals surface area contributed by atoms with Crippen LogP contribution in [0.5, 0.6) is 11.5 Å². The molecule has 0 spiro atoms. The van der Waals surface area contributed by atoms with Crippen LogP contribution in [0.1, 0.15) is 24.8 Å². The lowest BCUT2D eigenvalue weighted by atomic mass is 9.92. The summed E-state index contributed by atoms with van der Waals surface area (Å²) in [5.41, 5.74) is 10.3. The van der Waals surface area contributed by atoms with Gasteiger partial charge in [0.25, 0.3) is 0 Å². The Morgan fingerprint density at radius 1 is 1.04 bits per heavy atom. The van der Waals surface area contributed by atoms with Crippen LogP contribution in [-0.2, 0) is 0 Å². The van der Waals surface area contributed by atoms with Gasteiger partial charge in [0.2, 0.25) is 0 Å². The minimum atomic E-state index is 0.361. The number of ether oxygens (including phenoxy) is 2. The predicted molar refractivity (Wildman–Crippen MR) is 101 cm³/mol. The molecule has 2 N–H and O–H groups in total. The van der Waals surface area contributed by atoms with Crippen molar-refractivity contribution in [1.82, 2.24) is 0 Å². The van der Waals surface area contributed by atoms with Crippen LogP contribution in [0.2, 0.25) is 0 Å². The third kappa shape index (κ3) is 3.65. The van der Waals surface area contributed by atoms with Crippen LogP contribution in [0.4, 0.5) is 5.69 Å². The summed E-state index contributed by atoms with van der Waals surface area (Å²) in [6.45, 7) is 2.86. The zero-order chi connectivity index (χ0) is 17.7. The quantitative estimate of drug-likeness (QED) is 0.838. The first-order valence-electron chi connectivity index (χ1n) is 8.26. The average Bonchev–Trinajstić information content (AvgIpc) is 2.60. The van der Waals surface area contributed by atoms with Gasteiger partial charge in [0.1, 0.15) is 0 Å². The summed E-state index contributed by atoms with van der Waals surface area (Å²) in [5, 5.41) is 0. The molecule has 0 aromatic heterocycles. The van der Waals surface area contributed by atoms with Gasteiger partial charge >= 0.3 is 0 Å². The molecule has 0 aliphatic heterocycles. The largest absolute Gasteiger partial charge is 0.493 e. The van der Waals surface area contributed by atoms with Crippen molar-refractivity contribution >= 4 is 5.69 Å². The Bertz CT molecular complexity index is 683. The van der Waals surface area contributed by atoms with Gasteiger partial charge in [-0.2, -0.15) is 0 Å². The molecule has 0 amide bonds. The second-order valence-electron chi connectivity index (χ2n) is 6.19. The average molecular weight is 328 g/mol. The van der Waals surface area contributed by atoms with Crippen LogP contribution in [0, 0.1) is 0 Å². The minimum absolute atomic E-state index is 0.361. The molecule has 0 aliphatic rings. The molecule has 130 valence electrons. The number of methoxy groups -OCH3 is 2. The SMILES string of the molecule is COc1cc(C(C)CCN)cc(-c2ccccc2N(C)C)c1OC. The molecule has 0 aliphatic carbocycles. The highest BCUT2D eigenvalue weighted by Crippen LogP contribution is 2.43. The van der Waals surface area contributed by atoms with E-state index in [9.17, 15) is 0 Å². The maximum atomic E-state index is 5.74. The van der Waals surface area contributed by atoms with Crippen molar-refractivity contribution in [3.8, 4) is 22.6 Å². The summed E-state index contributed by atoms with van der Waals surface area (Å²) in [5.74, 6) is 1.87. The Morgan fingerprint density at radius 2 is 1.75 bits per heavy atom. The summed E-state index contributed by atoms with van der Waals surface area (Å²) in [6.07, 6.45) is 0.935. The smallest absolute Gasteiger partial charge is 0.168 e. The number of nitrogens with two attached hydrogens (primary N) is 1. The van der Waals surface area contributed by atoms with Gasteiger partial charge in [0.15, 0.2) is 11.5 Å². The Kier molecular flexibility index (Phi) is 6.10. The van der Waals surface area contributed by atoms with E-state index in [4.69, 9.17) is 15.2 Å². The van der Waals surface area contributed by atoms with Gasteiger partial charge < -0.3 is 20.1 Å². The van der Waals surface area contributed by atoms with E-state index in [1.54, 1.807) is 14.2 Å². The molecule has 0 saturated heterocycles. The second kappa shape index (κ2) is 8.06. The number of benzene rings is 2.